The van der Waals surface area contributed by atoms with Crippen LogP contribution in [0.2, 0.25) is 0 Å². The van der Waals surface area contributed by atoms with E-state index in [-0.39, 0.29) is 5.97 Å². The summed E-state index contributed by atoms with van der Waals surface area (Å²) >= 11 is 0. The summed E-state index contributed by atoms with van der Waals surface area (Å²) in [6.07, 6.45) is 2.99. The minimum Gasteiger partial charge on any atom is -0.462 e. The number of carbonyl (C=O) groups excluding carboxylic acids is 1. The van der Waals surface area contributed by atoms with Crippen LogP contribution in [0.15, 0.2) is 36.5 Å². The normalized spacial score (nSPS) is 11.1. The lowest BCUT2D eigenvalue weighted by atomic mass is 10.1. The van der Waals surface area contributed by atoms with Crippen molar-refractivity contribution < 1.29 is 9.53 Å². The van der Waals surface area contributed by atoms with E-state index in [1.54, 1.807) is 0 Å². The van der Waals surface area contributed by atoms with Crippen molar-refractivity contribution in [3.05, 3.63) is 59.0 Å². The third-order valence-corrected chi connectivity index (χ3v) is 4.35. The van der Waals surface area contributed by atoms with E-state index in [2.05, 4.69) is 33.9 Å². The first kappa shape index (κ1) is 15.4. The lowest BCUT2D eigenvalue weighted by Crippen LogP contribution is -2.09. The van der Waals surface area contributed by atoms with Gasteiger partial charge in [0.2, 0.25) is 0 Å². The Kier molecular flexibility index (Phi) is 4.24. The SMILES string of the molecule is CCOC(=O)c1cc(C)n(CCc2c[nH]c3ccccc23)c1C. The number of carbonyl (C=O) groups is 1. The van der Waals surface area contributed by atoms with Crippen molar-refractivity contribution >= 4 is 16.9 Å². The number of fused-ring (bicyclic) bond motifs is 1. The fraction of sp³-hybridized carbons (Fsp3) is 0.316. The van der Waals surface area contributed by atoms with Gasteiger partial charge in [-0.05, 0) is 44.9 Å². The molecule has 2 aromatic heterocycles. The second kappa shape index (κ2) is 6.32. The minimum atomic E-state index is -0.237. The number of aromatic amines is 1. The number of benzene rings is 1. The van der Waals surface area contributed by atoms with Crippen LogP contribution in [0.1, 0.15) is 34.2 Å². The number of hydrogen-bond acceptors (Lipinski definition) is 2. The van der Waals surface area contributed by atoms with Crippen molar-refractivity contribution in [1.29, 1.82) is 0 Å². The predicted molar refractivity (Wildman–Crippen MR) is 91.9 cm³/mol. The molecule has 0 unspecified atom stereocenters. The first-order chi connectivity index (χ1) is 11.1. The number of aromatic nitrogens is 2. The maximum absolute atomic E-state index is 12.0. The van der Waals surface area contributed by atoms with Crippen LogP contribution in [-0.4, -0.2) is 22.1 Å². The lowest BCUT2D eigenvalue weighted by molar-refractivity contribution is 0.0525. The van der Waals surface area contributed by atoms with Gasteiger partial charge in [0.1, 0.15) is 0 Å². The van der Waals surface area contributed by atoms with Crippen molar-refractivity contribution in [3.63, 3.8) is 0 Å². The van der Waals surface area contributed by atoms with E-state index in [1.165, 1.54) is 10.9 Å². The largest absolute Gasteiger partial charge is 0.462 e. The van der Waals surface area contributed by atoms with Gasteiger partial charge in [0, 0.05) is 35.0 Å². The Bertz CT molecular complexity index is 842. The molecular formula is C19H22N2O2. The van der Waals surface area contributed by atoms with Crippen molar-refractivity contribution in [2.75, 3.05) is 6.61 Å². The van der Waals surface area contributed by atoms with Crippen molar-refractivity contribution in [2.45, 2.75) is 33.7 Å². The second-order valence-corrected chi connectivity index (χ2v) is 5.77. The monoisotopic (exact) mass is 310 g/mol. The van der Waals surface area contributed by atoms with Gasteiger partial charge >= 0.3 is 5.97 Å². The van der Waals surface area contributed by atoms with Gasteiger partial charge in [-0.2, -0.15) is 0 Å². The first-order valence-corrected chi connectivity index (χ1v) is 8.00. The van der Waals surface area contributed by atoms with Gasteiger partial charge in [-0.15, -0.1) is 0 Å². The van der Waals surface area contributed by atoms with Gasteiger partial charge < -0.3 is 14.3 Å². The zero-order valence-electron chi connectivity index (χ0n) is 13.8. The van der Waals surface area contributed by atoms with Gasteiger partial charge in [0.05, 0.1) is 12.2 Å². The molecule has 0 atom stereocenters. The highest BCUT2D eigenvalue weighted by Gasteiger charge is 2.16. The maximum atomic E-state index is 12.0. The van der Waals surface area contributed by atoms with E-state index in [4.69, 9.17) is 4.74 Å². The Labute approximate surface area is 136 Å². The number of nitrogens with one attached hydrogen (secondary N) is 1. The molecule has 23 heavy (non-hydrogen) atoms. The van der Waals surface area contributed by atoms with Crippen LogP contribution in [0.4, 0.5) is 0 Å². The zero-order chi connectivity index (χ0) is 16.4. The molecule has 0 amide bonds. The number of para-hydroxylation sites is 1. The Morgan fingerprint density at radius 3 is 2.83 bits per heavy atom. The Morgan fingerprint density at radius 1 is 1.26 bits per heavy atom. The number of H-pyrrole nitrogens is 1. The molecule has 2 heterocycles. The van der Waals surface area contributed by atoms with E-state index in [0.29, 0.717) is 12.2 Å². The summed E-state index contributed by atoms with van der Waals surface area (Å²) < 4.78 is 7.32. The van der Waals surface area contributed by atoms with E-state index in [9.17, 15) is 4.79 Å². The van der Waals surface area contributed by atoms with Crippen LogP contribution in [0, 0.1) is 13.8 Å². The van der Waals surface area contributed by atoms with Crippen molar-refractivity contribution in [2.24, 2.45) is 0 Å². The topological polar surface area (TPSA) is 47.0 Å². The van der Waals surface area contributed by atoms with Gasteiger partial charge in [0.15, 0.2) is 0 Å². The highest BCUT2D eigenvalue weighted by Crippen LogP contribution is 2.21. The molecular weight excluding hydrogens is 288 g/mol. The van der Waals surface area contributed by atoms with Gasteiger partial charge in [-0.25, -0.2) is 4.79 Å². The van der Waals surface area contributed by atoms with E-state index < -0.39 is 0 Å². The standard InChI is InChI=1S/C19H22N2O2/c1-4-23-19(22)17-11-13(2)21(14(17)3)10-9-15-12-20-18-8-6-5-7-16(15)18/h5-8,11-12,20H,4,9-10H2,1-3H3. The fourth-order valence-corrected chi connectivity index (χ4v) is 3.13. The molecule has 1 aromatic carbocycles. The number of hydrogen-bond donors (Lipinski definition) is 1. The maximum Gasteiger partial charge on any atom is 0.339 e. The second-order valence-electron chi connectivity index (χ2n) is 5.77. The van der Waals surface area contributed by atoms with Crippen LogP contribution in [0.5, 0.6) is 0 Å². The molecule has 0 spiro atoms. The zero-order valence-corrected chi connectivity index (χ0v) is 13.8. The Balaban J connectivity index is 1.82. The van der Waals surface area contributed by atoms with E-state index in [0.717, 1.165) is 29.9 Å². The molecule has 0 saturated heterocycles. The number of aryl methyl sites for hydroxylation is 2. The molecule has 3 aromatic rings. The molecule has 0 aliphatic rings. The third-order valence-electron chi connectivity index (χ3n) is 4.35. The third kappa shape index (κ3) is 2.89. The molecule has 0 bridgehead atoms. The molecule has 4 nitrogen and oxygen atoms in total. The summed E-state index contributed by atoms with van der Waals surface area (Å²) in [6.45, 7) is 7.09. The molecule has 4 heteroatoms. The van der Waals surface area contributed by atoms with Crippen LogP contribution < -0.4 is 0 Å². The number of nitrogens with zero attached hydrogens (tertiary/aromatic N) is 1. The average molecular weight is 310 g/mol. The minimum absolute atomic E-state index is 0.237. The molecule has 3 rings (SSSR count). The summed E-state index contributed by atoms with van der Waals surface area (Å²) in [4.78, 5) is 15.3. The van der Waals surface area contributed by atoms with Gasteiger partial charge in [0.25, 0.3) is 0 Å². The highest BCUT2D eigenvalue weighted by atomic mass is 16.5. The fourth-order valence-electron chi connectivity index (χ4n) is 3.13. The summed E-state index contributed by atoms with van der Waals surface area (Å²) in [5.74, 6) is -0.237. The number of rotatable bonds is 5. The molecule has 0 aliphatic heterocycles. The molecule has 0 radical (unpaired) electrons. The Hall–Kier alpha value is -2.49. The lowest BCUT2D eigenvalue weighted by Gasteiger charge is -2.09. The highest BCUT2D eigenvalue weighted by molar-refractivity contribution is 5.91. The van der Waals surface area contributed by atoms with Crippen LogP contribution in [0.3, 0.4) is 0 Å². The number of ether oxygens (including phenoxy) is 1. The molecule has 120 valence electrons. The smallest absolute Gasteiger partial charge is 0.339 e. The first-order valence-electron chi connectivity index (χ1n) is 8.00. The average Bonchev–Trinajstić information content (AvgIpc) is 3.07. The van der Waals surface area contributed by atoms with Gasteiger partial charge in [-0.1, -0.05) is 18.2 Å². The van der Waals surface area contributed by atoms with Crippen molar-refractivity contribution in [3.8, 4) is 0 Å². The summed E-state index contributed by atoms with van der Waals surface area (Å²) in [6, 6.07) is 10.2. The van der Waals surface area contributed by atoms with Crippen LogP contribution in [-0.2, 0) is 17.7 Å². The Morgan fingerprint density at radius 2 is 2.04 bits per heavy atom. The van der Waals surface area contributed by atoms with E-state index >= 15 is 0 Å². The van der Waals surface area contributed by atoms with Crippen LogP contribution >= 0.6 is 0 Å². The van der Waals surface area contributed by atoms with E-state index in [1.807, 2.05) is 32.9 Å². The molecule has 0 saturated carbocycles. The molecule has 1 N–H and O–H groups in total. The summed E-state index contributed by atoms with van der Waals surface area (Å²) in [5.41, 5.74) is 5.19. The van der Waals surface area contributed by atoms with Crippen LogP contribution in [0.25, 0.3) is 10.9 Å². The quantitative estimate of drug-likeness (QED) is 0.724. The summed E-state index contributed by atoms with van der Waals surface area (Å²) in [5, 5.41) is 1.26. The summed E-state index contributed by atoms with van der Waals surface area (Å²) in [7, 11) is 0. The van der Waals surface area contributed by atoms with Crippen molar-refractivity contribution in [1.82, 2.24) is 9.55 Å². The molecule has 0 fully saturated rings. The number of esters is 1. The predicted octanol–water partition coefficient (Wildman–Crippen LogP) is 4.01. The molecule has 0 aliphatic carbocycles. The van der Waals surface area contributed by atoms with Gasteiger partial charge in [-0.3, -0.25) is 0 Å².